The van der Waals surface area contributed by atoms with E-state index in [0.717, 1.165) is 5.69 Å². The average molecular weight is 130 g/mol. The smallest absolute Gasteiger partial charge is 0.151 e. The molecule has 0 aromatic carbocycles. The number of nitrogens with zero attached hydrogens (tertiary/aromatic N) is 2. The fourth-order valence-corrected chi connectivity index (χ4v) is 0.707. The van der Waals surface area contributed by atoms with Crippen LogP contribution in [-0.2, 0) is 7.05 Å². The zero-order chi connectivity index (χ0) is 6.15. The van der Waals surface area contributed by atoms with Gasteiger partial charge in [-0.25, -0.2) is 0 Å². The maximum absolute atomic E-state index is 5.49. The molecule has 43 valence electrons. The van der Waals surface area contributed by atoms with Gasteiger partial charge in [0.1, 0.15) is 0 Å². The van der Waals surface area contributed by atoms with Crippen LogP contribution in [0.5, 0.6) is 0 Å². The second kappa shape index (κ2) is 1.78. The molecule has 1 heterocycles. The Kier molecular flexibility index (Phi) is 1.26. The summed E-state index contributed by atoms with van der Waals surface area (Å²) in [7, 11) is 1.80. The summed E-state index contributed by atoms with van der Waals surface area (Å²) >= 11 is 5.49. The molecule has 1 aromatic rings. The molecule has 0 unspecified atom stereocenters. The molecule has 1 radical (unpaired) electrons. The molecule has 0 amide bonds. The molecule has 0 saturated heterocycles. The summed E-state index contributed by atoms with van der Waals surface area (Å²) in [5.74, 6) is 0. The molecule has 8 heavy (non-hydrogen) atoms. The van der Waals surface area contributed by atoms with Crippen molar-refractivity contribution in [2.75, 3.05) is 0 Å². The Morgan fingerprint density at radius 3 is 2.62 bits per heavy atom. The highest BCUT2D eigenvalue weighted by atomic mass is 35.5. The van der Waals surface area contributed by atoms with Gasteiger partial charge in [-0.1, -0.05) is 11.6 Å². The largest absolute Gasteiger partial charge is 0.271 e. The lowest BCUT2D eigenvalue weighted by Gasteiger charge is -1.87. The highest BCUT2D eigenvalue weighted by Crippen LogP contribution is 2.05. The second-order valence-corrected chi connectivity index (χ2v) is 1.97. The maximum atomic E-state index is 5.49. The fourth-order valence-electron chi connectivity index (χ4n) is 0.467. The van der Waals surface area contributed by atoms with Gasteiger partial charge < -0.3 is 0 Å². The minimum absolute atomic E-state index is 0.498. The number of halogens is 1. The number of rotatable bonds is 0. The molecule has 0 spiro atoms. The van der Waals surface area contributed by atoms with Gasteiger partial charge >= 0.3 is 0 Å². The van der Waals surface area contributed by atoms with Crippen molar-refractivity contribution in [3.63, 3.8) is 0 Å². The summed E-state index contributed by atoms with van der Waals surface area (Å²) in [6, 6.07) is 1.71. The van der Waals surface area contributed by atoms with Gasteiger partial charge in [0.25, 0.3) is 0 Å². The predicted molar refractivity (Wildman–Crippen MR) is 32.7 cm³/mol. The number of hydrogen-bond donors (Lipinski definition) is 0. The van der Waals surface area contributed by atoms with Gasteiger partial charge in [-0.15, -0.1) is 0 Å². The van der Waals surface area contributed by atoms with Gasteiger partial charge in [0, 0.05) is 12.7 Å². The van der Waals surface area contributed by atoms with Crippen molar-refractivity contribution in [3.8, 4) is 0 Å². The van der Waals surface area contributed by atoms with Crippen LogP contribution in [0.1, 0.15) is 5.69 Å². The third-order valence-electron chi connectivity index (χ3n) is 0.947. The van der Waals surface area contributed by atoms with Crippen LogP contribution in [0.3, 0.4) is 0 Å². The molecule has 0 bridgehead atoms. The van der Waals surface area contributed by atoms with Crippen molar-refractivity contribution in [1.82, 2.24) is 9.78 Å². The molecule has 0 aliphatic carbocycles. The number of aromatic nitrogens is 2. The summed E-state index contributed by atoms with van der Waals surface area (Å²) in [5, 5.41) is 4.33. The molecular weight excluding hydrogens is 124 g/mol. The normalized spacial score (nSPS) is 9.88. The third kappa shape index (κ3) is 0.842. The second-order valence-electron chi connectivity index (χ2n) is 1.58. The van der Waals surface area contributed by atoms with Crippen LogP contribution < -0.4 is 0 Å². The molecule has 2 nitrogen and oxygen atoms in total. The van der Waals surface area contributed by atoms with Crippen molar-refractivity contribution < 1.29 is 0 Å². The molecule has 0 fully saturated rings. The first-order valence-electron chi connectivity index (χ1n) is 2.21. The Hall–Kier alpha value is -0.500. The standard InChI is InChI=1S/C5H6ClN2/c1-4-3-5(6)7-8(4)2/h3H,1H2,2H3. The fraction of sp³-hybridized carbons (Fsp3) is 0.200. The van der Waals surface area contributed by atoms with E-state index in [0.29, 0.717) is 5.15 Å². The summed E-state index contributed by atoms with van der Waals surface area (Å²) in [6.45, 7) is 3.66. The molecule has 0 atom stereocenters. The van der Waals surface area contributed by atoms with Crippen molar-refractivity contribution in [3.05, 3.63) is 23.8 Å². The van der Waals surface area contributed by atoms with Crippen LogP contribution in [0.2, 0.25) is 5.15 Å². The van der Waals surface area contributed by atoms with Gasteiger partial charge in [0.05, 0.1) is 0 Å². The minimum Gasteiger partial charge on any atom is -0.271 e. The van der Waals surface area contributed by atoms with Crippen molar-refractivity contribution in [1.29, 1.82) is 0 Å². The van der Waals surface area contributed by atoms with E-state index in [2.05, 4.69) is 12.0 Å². The molecule has 1 rings (SSSR count). The van der Waals surface area contributed by atoms with Crippen LogP contribution in [0.25, 0.3) is 0 Å². The highest BCUT2D eigenvalue weighted by molar-refractivity contribution is 6.29. The van der Waals surface area contributed by atoms with Gasteiger partial charge in [-0.05, 0) is 13.0 Å². The monoisotopic (exact) mass is 129 g/mol. The predicted octanol–water partition coefficient (Wildman–Crippen LogP) is 1.26. The zero-order valence-corrected chi connectivity index (χ0v) is 5.31. The Balaban J connectivity index is 3.14. The average Bonchev–Trinajstić information content (AvgIpc) is 1.85. The first-order valence-corrected chi connectivity index (χ1v) is 2.59. The Bertz CT molecular complexity index is 173. The number of hydrogen-bond acceptors (Lipinski definition) is 1. The highest BCUT2D eigenvalue weighted by Gasteiger charge is 1.93. The van der Waals surface area contributed by atoms with E-state index < -0.39 is 0 Å². The summed E-state index contributed by atoms with van der Waals surface area (Å²) < 4.78 is 1.63. The van der Waals surface area contributed by atoms with Crippen LogP contribution in [0.4, 0.5) is 0 Å². The Morgan fingerprint density at radius 2 is 2.50 bits per heavy atom. The SMILES string of the molecule is [CH2]c1cc(Cl)nn1C. The number of aryl methyl sites for hydroxylation is 1. The minimum atomic E-state index is 0.498. The molecule has 1 aromatic heterocycles. The topological polar surface area (TPSA) is 17.8 Å². The van der Waals surface area contributed by atoms with E-state index in [9.17, 15) is 0 Å². The summed E-state index contributed by atoms with van der Waals surface area (Å²) in [5.41, 5.74) is 0.829. The van der Waals surface area contributed by atoms with E-state index in [-0.39, 0.29) is 0 Å². The van der Waals surface area contributed by atoms with E-state index in [1.165, 1.54) is 0 Å². The van der Waals surface area contributed by atoms with E-state index in [1.807, 2.05) is 0 Å². The first-order chi connectivity index (χ1) is 3.70. The lowest BCUT2D eigenvalue weighted by atomic mass is 10.5. The Labute approximate surface area is 53.1 Å². The molecule has 0 aliphatic heterocycles. The summed E-state index contributed by atoms with van der Waals surface area (Å²) in [6.07, 6.45) is 0. The van der Waals surface area contributed by atoms with Gasteiger partial charge in [0.15, 0.2) is 5.15 Å². The first kappa shape index (κ1) is 5.63. The van der Waals surface area contributed by atoms with E-state index in [4.69, 9.17) is 11.6 Å². The summed E-state index contributed by atoms with van der Waals surface area (Å²) in [4.78, 5) is 0. The van der Waals surface area contributed by atoms with Crippen molar-refractivity contribution >= 4 is 11.6 Å². The van der Waals surface area contributed by atoms with Crippen LogP contribution >= 0.6 is 11.6 Å². The molecular formula is C5H6ClN2. The molecule has 0 N–H and O–H groups in total. The molecule has 0 saturated carbocycles. The Morgan fingerprint density at radius 1 is 1.88 bits per heavy atom. The maximum Gasteiger partial charge on any atom is 0.151 e. The zero-order valence-electron chi connectivity index (χ0n) is 4.56. The van der Waals surface area contributed by atoms with Gasteiger partial charge in [0.2, 0.25) is 0 Å². The van der Waals surface area contributed by atoms with Crippen molar-refractivity contribution in [2.45, 2.75) is 0 Å². The van der Waals surface area contributed by atoms with Gasteiger partial charge in [-0.2, -0.15) is 5.10 Å². The third-order valence-corrected chi connectivity index (χ3v) is 1.13. The van der Waals surface area contributed by atoms with E-state index in [1.54, 1.807) is 17.8 Å². The lowest BCUT2D eigenvalue weighted by Crippen LogP contribution is -1.91. The molecule has 0 aliphatic rings. The molecule has 3 heteroatoms. The van der Waals surface area contributed by atoms with Crippen LogP contribution in [-0.4, -0.2) is 9.78 Å². The lowest BCUT2D eigenvalue weighted by molar-refractivity contribution is 0.753. The van der Waals surface area contributed by atoms with Gasteiger partial charge in [-0.3, -0.25) is 4.68 Å². The quantitative estimate of drug-likeness (QED) is 0.516. The van der Waals surface area contributed by atoms with Crippen LogP contribution in [0.15, 0.2) is 6.07 Å². The van der Waals surface area contributed by atoms with Crippen molar-refractivity contribution in [2.24, 2.45) is 7.05 Å². The van der Waals surface area contributed by atoms with E-state index >= 15 is 0 Å². The van der Waals surface area contributed by atoms with Crippen LogP contribution in [0, 0.1) is 6.92 Å².